The van der Waals surface area contributed by atoms with Crippen LogP contribution in [0.25, 0.3) is 11.0 Å². The number of alkyl halides is 7. The average molecular weight is 939 g/mol. The van der Waals surface area contributed by atoms with Crippen LogP contribution in [0.4, 0.5) is 35.5 Å². The molecule has 4 aliphatic rings. The zero-order valence-electron chi connectivity index (χ0n) is 35.4. The molecule has 0 spiro atoms. The van der Waals surface area contributed by atoms with Gasteiger partial charge < -0.3 is 34.5 Å². The molecule has 354 valence electrons. The van der Waals surface area contributed by atoms with Gasteiger partial charge >= 0.3 is 18.4 Å². The number of fused-ring (bicyclic) bond motifs is 3. The maximum atomic E-state index is 14.9. The number of sulfonamides is 1. The van der Waals surface area contributed by atoms with Gasteiger partial charge in [0.1, 0.15) is 40.9 Å². The maximum absolute atomic E-state index is 14.9. The molecule has 3 fully saturated rings. The van der Waals surface area contributed by atoms with E-state index in [4.69, 9.17) is 18.9 Å². The van der Waals surface area contributed by atoms with Gasteiger partial charge in [-0.2, -0.15) is 26.3 Å². The third-order valence-electron chi connectivity index (χ3n) is 12.2. The van der Waals surface area contributed by atoms with E-state index in [-0.39, 0.29) is 55.0 Å². The van der Waals surface area contributed by atoms with Gasteiger partial charge in [-0.05, 0) is 70.4 Å². The molecule has 7 unspecified atom stereocenters. The van der Waals surface area contributed by atoms with Crippen LogP contribution in [-0.4, -0.2) is 121 Å². The molecule has 2 aromatic rings. The predicted molar refractivity (Wildman–Crippen MR) is 211 cm³/mol. The Morgan fingerprint density at radius 3 is 2.34 bits per heavy atom. The number of carbonyl (C=O) groups is 4. The van der Waals surface area contributed by atoms with Crippen LogP contribution >= 0.6 is 0 Å². The Bertz CT molecular complexity index is 2280. The summed E-state index contributed by atoms with van der Waals surface area (Å²) in [5.41, 5.74) is -6.82. The summed E-state index contributed by atoms with van der Waals surface area (Å²) in [4.78, 5) is 65.3. The number of nitrogens with one attached hydrogen (secondary N) is 3. The molecule has 7 atom stereocenters. The molecule has 6 rings (SSSR count). The normalized spacial score (nSPS) is 27.6. The second kappa shape index (κ2) is 17.8. The Hall–Kier alpha value is -5.00. The molecule has 24 heteroatoms. The molecule has 16 nitrogen and oxygen atoms in total. The molecule has 3 N–H and O–H groups in total. The number of methoxy groups -OCH3 is 2. The smallest absolute Gasteiger partial charge is 0.438 e. The number of carbonyl (C=O) groups excluding carboxylic acids is 4. The van der Waals surface area contributed by atoms with Gasteiger partial charge in [0.2, 0.25) is 39.0 Å². The molecule has 0 bridgehead atoms. The SMILES string of the molecule is COCC1CC(C)CCC=CC2CC2(C(=O)NS(=O)(=O)C2(CF)CC2)NC(=O)C2CC(Oc3nc4cc(OC)ccc4nc3C(F)(F)F)CN2C(=O)C1NC(=O)OC(C)(C)C(F)(F)F. The van der Waals surface area contributed by atoms with Crippen molar-refractivity contribution in [3.05, 3.63) is 36.0 Å². The van der Waals surface area contributed by atoms with Crippen LogP contribution in [0, 0.1) is 17.8 Å². The highest BCUT2D eigenvalue weighted by atomic mass is 32.2. The Balaban J connectivity index is 1.42. The van der Waals surface area contributed by atoms with Crippen molar-refractivity contribution >= 4 is 44.9 Å². The van der Waals surface area contributed by atoms with E-state index < -0.39 is 123 Å². The summed E-state index contributed by atoms with van der Waals surface area (Å²) < 4.78 is 147. The summed E-state index contributed by atoms with van der Waals surface area (Å²) in [6, 6.07) is 0.380. The van der Waals surface area contributed by atoms with Gasteiger partial charge in [0.15, 0.2) is 0 Å². The van der Waals surface area contributed by atoms with Crippen molar-refractivity contribution in [3.63, 3.8) is 0 Å². The number of amides is 4. The van der Waals surface area contributed by atoms with Crippen LogP contribution in [-0.2, 0) is 40.1 Å². The van der Waals surface area contributed by atoms with E-state index in [1.807, 2.05) is 4.72 Å². The maximum Gasteiger partial charge on any atom is 0.438 e. The zero-order chi connectivity index (χ0) is 47.2. The van der Waals surface area contributed by atoms with Gasteiger partial charge in [0, 0.05) is 31.4 Å². The summed E-state index contributed by atoms with van der Waals surface area (Å²) in [5, 5.41) is 4.78. The van der Waals surface area contributed by atoms with Crippen LogP contribution in [0.2, 0.25) is 0 Å². The highest BCUT2D eigenvalue weighted by molar-refractivity contribution is 7.91. The average Bonchev–Trinajstić information content (AvgIpc) is 4.11. The molecule has 64 heavy (non-hydrogen) atoms. The number of benzene rings is 1. The van der Waals surface area contributed by atoms with E-state index in [1.54, 1.807) is 19.1 Å². The van der Waals surface area contributed by atoms with E-state index in [0.717, 1.165) is 4.90 Å². The number of ether oxygens (including phenoxy) is 4. The first-order valence-electron chi connectivity index (χ1n) is 20.4. The number of rotatable bonds is 11. The standard InChI is InChI=1S/C40H49F7N6O10S/c1-21-8-6-7-9-23-17-38(23,34(56)52-64(58,59)37(20-41)12-13-37)51-31(54)28-16-25(62-32-30(39(42,43)44)48-26-11-10-24(61-5)15-27(26)49-32)18-53(28)33(55)29(22(14-21)19-60-4)50-35(57)63-36(2,3)40(45,46)47/h7,9-11,15,21-23,25,28-29H,6,8,12-14,16-20H2,1-5H3,(H,50,57)(H,51,54)(H,52,56). The number of halogens is 7. The largest absolute Gasteiger partial charge is 0.497 e. The monoisotopic (exact) mass is 938 g/mol. The highest BCUT2D eigenvalue weighted by Gasteiger charge is 2.64. The first kappa shape index (κ1) is 48.5. The molecule has 2 aliphatic heterocycles. The minimum Gasteiger partial charge on any atom is -0.497 e. The fraction of sp³-hybridized carbons (Fsp3) is 0.650. The van der Waals surface area contributed by atoms with Crippen LogP contribution in [0.1, 0.15) is 71.4 Å². The topological polar surface area (TPSA) is 204 Å². The van der Waals surface area contributed by atoms with Crippen LogP contribution in [0.5, 0.6) is 11.6 Å². The molecular formula is C40H49F7N6O10S. The van der Waals surface area contributed by atoms with Crippen LogP contribution < -0.4 is 24.8 Å². The minimum atomic E-state index is -5.13. The third kappa shape index (κ3) is 9.96. The first-order chi connectivity index (χ1) is 29.8. The zero-order valence-corrected chi connectivity index (χ0v) is 36.2. The second-order valence-electron chi connectivity index (χ2n) is 17.3. The summed E-state index contributed by atoms with van der Waals surface area (Å²) in [5.74, 6) is -6.28. The second-order valence-corrected chi connectivity index (χ2v) is 19.4. The van der Waals surface area contributed by atoms with Crippen molar-refractivity contribution in [1.29, 1.82) is 0 Å². The summed E-state index contributed by atoms with van der Waals surface area (Å²) in [6.07, 6.45) is -9.96. The summed E-state index contributed by atoms with van der Waals surface area (Å²) in [6.45, 7) is 0.755. The Morgan fingerprint density at radius 1 is 1.03 bits per heavy atom. The molecule has 2 saturated carbocycles. The number of hydrogen-bond donors (Lipinski definition) is 3. The molecular weight excluding hydrogens is 890 g/mol. The van der Waals surface area contributed by atoms with Gasteiger partial charge in [-0.25, -0.2) is 27.6 Å². The lowest BCUT2D eigenvalue weighted by atomic mass is 9.87. The molecule has 4 amide bonds. The Morgan fingerprint density at radius 2 is 1.73 bits per heavy atom. The van der Waals surface area contributed by atoms with Crippen molar-refractivity contribution < 1.29 is 77.3 Å². The van der Waals surface area contributed by atoms with Crippen molar-refractivity contribution in [2.45, 2.75) is 112 Å². The fourth-order valence-corrected chi connectivity index (χ4v) is 9.39. The van der Waals surface area contributed by atoms with E-state index >= 15 is 0 Å². The lowest BCUT2D eigenvalue weighted by molar-refractivity contribution is -0.244. The van der Waals surface area contributed by atoms with Gasteiger partial charge in [-0.3, -0.25) is 19.1 Å². The highest BCUT2D eigenvalue weighted by Crippen LogP contribution is 2.48. The molecule has 1 aromatic carbocycles. The molecule has 1 aromatic heterocycles. The lowest BCUT2D eigenvalue weighted by Gasteiger charge is -2.35. The van der Waals surface area contributed by atoms with E-state index in [9.17, 15) is 58.3 Å². The minimum absolute atomic E-state index is 0.0563. The number of aromatic nitrogens is 2. The molecule has 0 radical (unpaired) electrons. The van der Waals surface area contributed by atoms with E-state index in [0.29, 0.717) is 26.7 Å². The molecule has 1 saturated heterocycles. The Labute approximate surface area is 363 Å². The van der Waals surface area contributed by atoms with Gasteiger partial charge in [0.05, 0.1) is 31.3 Å². The van der Waals surface area contributed by atoms with Crippen LogP contribution in [0.3, 0.4) is 0 Å². The van der Waals surface area contributed by atoms with Gasteiger partial charge in [0.25, 0.3) is 5.91 Å². The molecule has 2 aliphatic carbocycles. The lowest BCUT2D eigenvalue weighted by Crippen LogP contribution is -2.60. The van der Waals surface area contributed by atoms with Gasteiger partial charge in [-0.1, -0.05) is 19.1 Å². The third-order valence-corrected chi connectivity index (χ3v) is 14.3. The predicted octanol–water partition coefficient (Wildman–Crippen LogP) is 4.90. The number of nitrogens with zero attached hydrogens (tertiary/aromatic N) is 3. The fourth-order valence-electron chi connectivity index (χ4n) is 7.96. The number of hydrogen-bond acceptors (Lipinski definition) is 12. The number of allylic oxidation sites excluding steroid dienone is 1. The van der Waals surface area contributed by atoms with Crippen molar-refractivity contribution in [2.24, 2.45) is 17.8 Å². The van der Waals surface area contributed by atoms with Gasteiger partial charge in [-0.15, -0.1) is 0 Å². The van der Waals surface area contributed by atoms with Crippen molar-refractivity contribution in [1.82, 2.24) is 30.2 Å². The molecule has 3 heterocycles. The van der Waals surface area contributed by atoms with Crippen molar-refractivity contribution in [3.8, 4) is 11.6 Å². The Kier molecular flexibility index (Phi) is 13.4. The van der Waals surface area contributed by atoms with E-state index in [1.165, 1.54) is 32.4 Å². The number of alkyl carbamates (subject to hydrolysis) is 1. The summed E-state index contributed by atoms with van der Waals surface area (Å²) in [7, 11) is -2.00. The summed E-state index contributed by atoms with van der Waals surface area (Å²) >= 11 is 0. The van der Waals surface area contributed by atoms with Crippen LogP contribution in [0.15, 0.2) is 30.4 Å². The van der Waals surface area contributed by atoms with E-state index in [2.05, 4.69) is 20.6 Å². The first-order valence-corrected chi connectivity index (χ1v) is 21.9. The van der Waals surface area contributed by atoms with Crippen molar-refractivity contribution in [2.75, 3.05) is 34.0 Å². The quantitative estimate of drug-likeness (QED) is 0.203.